The number of ether oxygens (including phenoxy) is 1. The van der Waals surface area contributed by atoms with Crippen LogP contribution in [0.1, 0.15) is 23.3 Å². The van der Waals surface area contributed by atoms with Crippen LogP contribution in [-0.2, 0) is 4.74 Å². The maximum atomic E-state index is 14.2. The average molecular weight is 478 g/mol. The predicted octanol–water partition coefficient (Wildman–Crippen LogP) is 2.11. The second-order valence-electron chi connectivity index (χ2n) is 8.03. The van der Waals surface area contributed by atoms with E-state index in [4.69, 9.17) is 4.74 Å². The molecule has 0 spiro atoms. The fraction of sp³-hybridized carbons (Fsp3) is 0.261. The molecule has 4 aromatic rings. The van der Waals surface area contributed by atoms with Crippen molar-refractivity contribution >= 4 is 28.7 Å². The molecule has 0 aliphatic heterocycles. The lowest BCUT2D eigenvalue weighted by Crippen LogP contribution is -2.51. The largest absolute Gasteiger partial charge is 0.385 e. The molecule has 4 heterocycles. The lowest BCUT2D eigenvalue weighted by atomic mass is 9.89. The molecule has 1 aliphatic carbocycles. The molecule has 1 amide bonds. The SMILES string of the molecule is CNc1cc(Nc2cccn(-c3ncccc3F)c2=O)nn2c(C(=O)NC3CC[C@@H]3OC)cnc12. The van der Waals surface area contributed by atoms with Gasteiger partial charge >= 0.3 is 0 Å². The van der Waals surface area contributed by atoms with Gasteiger partial charge in [-0.25, -0.2) is 18.9 Å². The summed E-state index contributed by atoms with van der Waals surface area (Å²) in [6, 6.07) is 7.41. The molecular weight excluding hydrogens is 455 g/mol. The van der Waals surface area contributed by atoms with Gasteiger partial charge in [0.05, 0.1) is 24.0 Å². The zero-order valence-electron chi connectivity index (χ0n) is 19.0. The van der Waals surface area contributed by atoms with Crippen molar-refractivity contribution in [1.82, 2.24) is 29.5 Å². The second kappa shape index (κ2) is 9.14. The summed E-state index contributed by atoms with van der Waals surface area (Å²) in [5, 5.41) is 13.4. The quantitative estimate of drug-likeness (QED) is 0.369. The van der Waals surface area contributed by atoms with E-state index in [9.17, 15) is 14.0 Å². The van der Waals surface area contributed by atoms with E-state index in [1.54, 1.807) is 32.4 Å². The molecule has 5 rings (SSSR count). The van der Waals surface area contributed by atoms with Crippen molar-refractivity contribution in [3.8, 4) is 5.82 Å². The van der Waals surface area contributed by atoms with E-state index in [-0.39, 0.29) is 41.1 Å². The molecule has 11 nitrogen and oxygen atoms in total. The van der Waals surface area contributed by atoms with Gasteiger partial charge in [-0.1, -0.05) is 0 Å². The second-order valence-corrected chi connectivity index (χ2v) is 8.03. The molecule has 12 heteroatoms. The summed E-state index contributed by atoms with van der Waals surface area (Å²) < 4.78 is 22.1. The van der Waals surface area contributed by atoms with E-state index in [1.807, 2.05) is 0 Å². The molecule has 2 atom stereocenters. The molecule has 4 aromatic heterocycles. The molecule has 3 N–H and O–H groups in total. The Kier molecular flexibility index (Phi) is 5.87. The molecule has 0 saturated heterocycles. The van der Waals surface area contributed by atoms with Crippen LogP contribution < -0.4 is 21.5 Å². The zero-order valence-corrected chi connectivity index (χ0v) is 19.0. The van der Waals surface area contributed by atoms with Crippen LogP contribution in [0.15, 0.2) is 53.7 Å². The number of halogens is 1. The van der Waals surface area contributed by atoms with Crippen molar-refractivity contribution in [1.29, 1.82) is 0 Å². The van der Waals surface area contributed by atoms with Crippen molar-refractivity contribution in [3.05, 3.63) is 70.8 Å². The molecule has 1 fully saturated rings. The molecule has 0 aromatic carbocycles. The number of fused-ring (bicyclic) bond motifs is 1. The van der Waals surface area contributed by atoms with E-state index in [2.05, 4.69) is 31.0 Å². The van der Waals surface area contributed by atoms with Gasteiger partial charge in [-0.3, -0.25) is 14.2 Å². The minimum Gasteiger partial charge on any atom is -0.385 e. The summed E-state index contributed by atoms with van der Waals surface area (Å²) in [5.74, 6) is -0.785. The number of nitrogens with one attached hydrogen (secondary N) is 3. The summed E-state index contributed by atoms with van der Waals surface area (Å²) in [5.41, 5.74) is 0.906. The number of amides is 1. The smallest absolute Gasteiger partial charge is 0.280 e. The van der Waals surface area contributed by atoms with Crippen molar-refractivity contribution in [2.75, 3.05) is 24.8 Å². The Morgan fingerprint density at radius 1 is 1.20 bits per heavy atom. The van der Waals surface area contributed by atoms with Crippen LogP contribution in [0.25, 0.3) is 11.5 Å². The third-order valence-electron chi connectivity index (χ3n) is 5.98. The number of pyridine rings is 2. The molecule has 1 aliphatic rings. The highest BCUT2D eigenvalue weighted by atomic mass is 19.1. The normalized spacial score (nSPS) is 17.1. The topological polar surface area (TPSA) is 127 Å². The van der Waals surface area contributed by atoms with Gasteiger partial charge in [0.2, 0.25) is 0 Å². The monoisotopic (exact) mass is 478 g/mol. The van der Waals surface area contributed by atoms with Crippen molar-refractivity contribution in [2.45, 2.75) is 25.0 Å². The number of carbonyl (C=O) groups excluding carboxylic acids is 1. The van der Waals surface area contributed by atoms with Crippen molar-refractivity contribution in [3.63, 3.8) is 0 Å². The summed E-state index contributed by atoms with van der Waals surface area (Å²) in [6.07, 6.45) is 5.99. The van der Waals surface area contributed by atoms with Crippen LogP contribution in [0.3, 0.4) is 0 Å². The van der Waals surface area contributed by atoms with Crippen LogP contribution in [0.4, 0.5) is 21.6 Å². The van der Waals surface area contributed by atoms with E-state index < -0.39 is 11.4 Å². The number of hydrogen-bond acceptors (Lipinski definition) is 8. The first-order chi connectivity index (χ1) is 17.0. The highest BCUT2D eigenvalue weighted by Gasteiger charge is 2.33. The Balaban J connectivity index is 1.49. The van der Waals surface area contributed by atoms with Crippen molar-refractivity contribution in [2.24, 2.45) is 0 Å². The first kappa shape index (κ1) is 22.5. The lowest BCUT2D eigenvalue weighted by Gasteiger charge is -2.35. The Morgan fingerprint density at radius 3 is 2.77 bits per heavy atom. The molecule has 180 valence electrons. The predicted molar refractivity (Wildman–Crippen MR) is 127 cm³/mol. The Morgan fingerprint density at radius 2 is 2.06 bits per heavy atom. The van der Waals surface area contributed by atoms with Gasteiger partial charge in [0.25, 0.3) is 11.5 Å². The summed E-state index contributed by atoms with van der Waals surface area (Å²) in [6.45, 7) is 0. The van der Waals surface area contributed by atoms with Gasteiger partial charge < -0.3 is 20.7 Å². The van der Waals surface area contributed by atoms with E-state index in [1.165, 1.54) is 35.2 Å². The van der Waals surface area contributed by atoms with Gasteiger partial charge in [0, 0.05) is 32.6 Å². The highest BCUT2D eigenvalue weighted by Crippen LogP contribution is 2.24. The molecular formula is C23H23FN8O3. The number of rotatable bonds is 7. The van der Waals surface area contributed by atoms with Crippen LogP contribution in [0.5, 0.6) is 0 Å². The third kappa shape index (κ3) is 4.08. The number of nitrogens with zero attached hydrogens (tertiary/aromatic N) is 5. The molecule has 0 bridgehead atoms. The number of aromatic nitrogens is 5. The Labute approximate surface area is 199 Å². The van der Waals surface area contributed by atoms with E-state index in [0.717, 1.165) is 17.4 Å². The minimum atomic E-state index is -0.625. The maximum absolute atomic E-state index is 14.2. The molecule has 0 radical (unpaired) electrons. The number of carbonyl (C=O) groups is 1. The molecule has 1 unspecified atom stereocenters. The van der Waals surface area contributed by atoms with Gasteiger partial charge in [-0.2, -0.15) is 0 Å². The highest BCUT2D eigenvalue weighted by molar-refractivity contribution is 5.94. The maximum Gasteiger partial charge on any atom is 0.280 e. The van der Waals surface area contributed by atoms with Crippen LogP contribution in [0.2, 0.25) is 0 Å². The minimum absolute atomic E-state index is 0.0135. The van der Waals surface area contributed by atoms with Gasteiger partial charge in [0.1, 0.15) is 5.69 Å². The van der Waals surface area contributed by atoms with Gasteiger partial charge in [-0.15, -0.1) is 5.10 Å². The number of anilines is 3. The lowest BCUT2D eigenvalue weighted by molar-refractivity contribution is 0.00718. The van der Waals surface area contributed by atoms with Crippen LogP contribution in [0, 0.1) is 5.82 Å². The van der Waals surface area contributed by atoms with E-state index in [0.29, 0.717) is 11.3 Å². The summed E-state index contributed by atoms with van der Waals surface area (Å²) >= 11 is 0. The first-order valence-corrected chi connectivity index (χ1v) is 11.0. The Hall–Kier alpha value is -4.32. The zero-order chi connectivity index (χ0) is 24.5. The Bertz CT molecular complexity index is 1460. The summed E-state index contributed by atoms with van der Waals surface area (Å²) in [4.78, 5) is 34.3. The average Bonchev–Trinajstić information content (AvgIpc) is 3.27. The third-order valence-corrected chi connectivity index (χ3v) is 5.98. The number of hydrogen-bond donors (Lipinski definition) is 3. The number of imidazole rings is 1. The van der Waals surface area contributed by atoms with Crippen LogP contribution in [-0.4, -0.2) is 56.4 Å². The standard InChI is InChI=1S/C23H23FN8O3/c1-25-16-11-19(28-15-6-4-10-31(23(15)34)20-13(24)5-3-9-26-20)30-32-17(12-27-21(16)32)22(33)29-14-7-8-18(14)35-2/h3-6,9-12,14,18,25H,7-8H2,1-2H3,(H,28,30)(H,29,33)/t14?,18-/m0/s1. The molecule has 1 saturated carbocycles. The first-order valence-electron chi connectivity index (χ1n) is 11.0. The molecule has 35 heavy (non-hydrogen) atoms. The van der Waals surface area contributed by atoms with Gasteiger partial charge in [0.15, 0.2) is 28.8 Å². The fourth-order valence-corrected chi connectivity index (χ4v) is 3.98. The van der Waals surface area contributed by atoms with Crippen molar-refractivity contribution < 1.29 is 13.9 Å². The summed E-state index contributed by atoms with van der Waals surface area (Å²) in [7, 11) is 3.33. The van der Waals surface area contributed by atoms with E-state index >= 15 is 0 Å². The van der Waals surface area contributed by atoms with Crippen LogP contribution >= 0.6 is 0 Å². The number of methoxy groups -OCH3 is 1. The fourth-order valence-electron chi connectivity index (χ4n) is 3.98. The van der Waals surface area contributed by atoms with Gasteiger partial charge in [-0.05, 0) is 37.1 Å².